The number of sulfone groups is 1. The van der Waals surface area contributed by atoms with E-state index < -0.39 is 21.8 Å². The average Bonchev–Trinajstić information content (AvgIpc) is 3.18. The Morgan fingerprint density at radius 3 is 2.61 bits per heavy atom. The van der Waals surface area contributed by atoms with E-state index in [9.17, 15) is 17.6 Å². The minimum absolute atomic E-state index is 0.0649. The molecule has 0 aliphatic heterocycles. The first-order valence-corrected chi connectivity index (χ1v) is 11.1. The summed E-state index contributed by atoms with van der Waals surface area (Å²) in [5, 5.41) is 15.3. The molecule has 3 aromatic heterocycles. The Morgan fingerprint density at radius 1 is 1.16 bits per heavy atom. The summed E-state index contributed by atoms with van der Waals surface area (Å²) in [5.74, 6) is -0.869. The molecular weight excluding hydrogens is 423 g/mol. The molecule has 0 aliphatic carbocycles. The molecule has 1 amide bonds. The van der Waals surface area contributed by atoms with E-state index in [0.29, 0.717) is 22.2 Å². The van der Waals surface area contributed by atoms with Crippen LogP contribution in [0.5, 0.6) is 0 Å². The van der Waals surface area contributed by atoms with E-state index in [2.05, 4.69) is 25.6 Å². The predicted octanol–water partition coefficient (Wildman–Crippen LogP) is 2.24. The number of amides is 1. The maximum Gasteiger partial charge on any atom is 0.273 e. The molecule has 0 spiro atoms. The number of halogens is 1. The molecule has 1 aromatic carbocycles. The number of rotatable bonds is 5. The number of carbonyl (C=O) groups is 1. The summed E-state index contributed by atoms with van der Waals surface area (Å²) < 4.78 is 38.2. The van der Waals surface area contributed by atoms with Crippen LogP contribution < -0.4 is 5.32 Å². The Bertz CT molecular complexity index is 1390. The van der Waals surface area contributed by atoms with Crippen LogP contribution in [0, 0.1) is 5.82 Å². The van der Waals surface area contributed by atoms with Gasteiger partial charge in [-0.15, -0.1) is 5.10 Å². The zero-order chi connectivity index (χ0) is 22.2. The Kier molecular flexibility index (Phi) is 5.19. The van der Waals surface area contributed by atoms with Crippen molar-refractivity contribution in [1.29, 1.82) is 0 Å². The van der Waals surface area contributed by atoms with Crippen LogP contribution in [0.3, 0.4) is 0 Å². The van der Waals surface area contributed by atoms with Crippen LogP contribution in [0.4, 0.5) is 4.39 Å². The van der Waals surface area contributed by atoms with Gasteiger partial charge in [-0.25, -0.2) is 22.5 Å². The maximum absolute atomic E-state index is 13.2. The van der Waals surface area contributed by atoms with Gasteiger partial charge in [-0.05, 0) is 48.9 Å². The van der Waals surface area contributed by atoms with E-state index in [1.807, 2.05) is 0 Å². The van der Waals surface area contributed by atoms with Gasteiger partial charge in [0.2, 0.25) is 0 Å². The highest BCUT2D eigenvalue weighted by molar-refractivity contribution is 7.90. The number of carbonyl (C=O) groups excluding carboxylic acids is 1. The van der Waals surface area contributed by atoms with Crippen molar-refractivity contribution in [2.24, 2.45) is 0 Å². The van der Waals surface area contributed by atoms with Crippen LogP contribution in [-0.2, 0) is 9.84 Å². The number of pyridine rings is 1. The van der Waals surface area contributed by atoms with E-state index in [-0.39, 0.29) is 16.5 Å². The molecule has 0 bridgehead atoms. The Balaban J connectivity index is 1.63. The highest BCUT2D eigenvalue weighted by Gasteiger charge is 2.20. The van der Waals surface area contributed by atoms with Gasteiger partial charge in [0.25, 0.3) is 5.91 Å². The third-order valence-electron chi connectivity index (χ3n) is 4.67. The smallest absolute Gasteiger partial charge is 0.273 e. The fourth-order valence-corrected chi connectivity index (χ4v) is 3.66. The third kappa shape index (κ3) is 4.12. The van der Waals surface area contributed by atoms with E-state index in [1.54, 1.807) is 25.1 Å². The van der Waals surface area contributed by atoms with Gasteiger partial charge >= 0.3 is 0 Å². The van der Waals surface area contributed by atoms with E-state index in [4.69, 9.17) is 0 Å². The lowest BCUT2D eigenvalue weighted by atomic mass is 10.1. The molecule has 0 saturated carbocycles. The topological polar surface area (TPSA) is 120 Å². The van der Waals surface area contributed by atoms with Crippen LogP contribution in [0.1, 0.15) is 29.0 Å². The lowest BCUT2D eigenvalue weighted by molar-refractivity contribution is 0.0935. The van der Waals surface area contributed by atoms with Gasteiger partial charge in [0.1, 0.15) is 5.82 Å². The quantitative estimate of drug-likeness (QED) is 0.505. The number of hydrogen-bond donors (Lipinski definition) is 1. The largest absolute Gasteiger partial charge is 0.344 e. The second-order valence-corrected chi connectivity index (χ2v) is 8.88. The van der Waals surface area contributed by atoms with Crippen molar-refractivity contribution in [3.8, 4) is 5.69 Å². The molecule has 0 unspecified atom stereocenters. The third-order valence-corrected chi connectivity index (χ3v) is 5.66. The van der Waals surface area contributed by atoms with Crippen molar-refractivity contribution in [3.63, 3.8) is 0 Å². The summed E-state index contributed by atoms with van der Waals surface area (Å²) in [4.78, 5) is 16.7. The molecule has 9 nitrogen and oxygen atoms in total. The van der Waals surface area contributed by atoms with Crippen molar-refractivity contribution in [1.82, 2.24) is 30.3 Å². The van der Waals surface area contributed by atoms with Crippen LogP contribution in [-0.4, -0.2) is 45.5 Å². The number of fused-ring (bicyclic) bond motifs is 1. The molecule has 158 valence electrons. The second-order valence-electron chi connectivity index (χ2n) is 6.92. The number of nitrogens with zero attached hydrogens (tertiary/aromatic N) is 5. The first-order valence-electron chi connectivity index (χ1n) is 9.16. The lowest BCUT2D eigenvalue weighted by Crippen LogP contribution is -2.28. The standard InChI is InChI=1S/C20H17FN6O3S/c1-12(13-7-8-22-18(9-13)31(2,29)30)25-20(28)19-16-10-24-27(17(16)11-23-26-19)15-5-3-14(21)4-6-15/h3-12H,1-2H3,(H,25,28)/t12-/m0/s1. The van der Waals surface area contributed by atoms with Crippen molar-refractivity contribution < 1.29 is 17.6 Å². The van der Waals surface area contributed by atoms with Crippen molar-refractivity contribution in [3.05, 3.63) is 72.1 Å². The number of aromatic nitrogens is 5. The maximum atomic E-state index is 13.2. The fraction of sp³-hybridized carbons (Fsp3) is 0.150. The van der Waals surface area contributed by atoms with Crippen LogP contribution >= 0.6 is 0 Å². The molecule has 4 aromatic rings. The Morgan fingerprint density at radius 2 is 1.90 bits per heavy atom. The normalized spacial score (nSPS) is 12.6. The molecule has 4 rings (SSSR count). The van der Waals surface area contributed by atoms with Gasteiger partial charge in [-0.1, -0.05) is 0 Å². The Labute approximate surface area is 176 Å². The summed E-state index contributed by atoms with van der Waals surface area (Å²) in [6, 6.07) is 8.27. The average molecular weight is 440 g/mol. The van der Waals surface area contributed by atoms with Crippen molar-refractivity contribution >= 4 is 26.6 Å². The molecule has 31 heavy (non-hydrogen) atoms. The molecule has 1 atom stereocenters. The summed E-state index contributed by atoms with van der Waals surface area (Å²) >= 11 is 0. The molecule has 11 heteroatoms. The van der Waals surface area contributed by atoms with Gasteiger partial charge in [-0.2, -0.15) is 10.2 Å². The SMILES string of the molecule is C[C@H](NC(=O)c1nncc2c1cnn2-c1ccc(F)cc1)c1ccnc(S(C)(=O)=O)c1. The molecule has 1 N–H and O–H groups in total. The van der Waals surface area contributed by atoms with Gasteiger partial charge in [0.15, 0.2) is 20.6 Å². The second kappa shape index (κ2) is 7.84. The van der Waals surface area contributed by atoms with Gasteiger partial charge in [-0.3, -0.25) is 4.79 Å². The van der Waals surface area contributed by atoms with Gasteiger partial charge in [0, 0.05) is 12.5 Å². The summed E-state index contributed by atoms with van der Waals surface area (Å²) in [6.07, 6.45) is 5.40. The monoisotopic (exact) mass is 440 g/mol. The van der Waals surface area contributed by atoms with Crippen molar-refractivity contribution in [2.45, 2.75) is 18.0 Å². The zero-order valence-electron chi connectivity index (χ0n) is 16.5. The van der Waals surface area contributed by atoms with Gasteiger partial charge < -0.3 is 5.32 Å². The highest BCUT2D eigenvalue weighted by atomic mass is 32.2. The lowest BCUT2D eigenvalue weighted by Gasteiger charge is -2.14. The van der Waals surface area contributed by atoms with Gasteiger partial charge in [0.05, 0.1) is 35.0 Å². The minimum atomic E-state index is -3.48. The van der Waals surface area contributed by atoms with E-state index in [1.165, 1.54) is 41.5 Å². The first-order chi connectivity index (χ1) is 14.7. The summed E-state index contributed by atoms with van der Waals surface area (Å²) in [6.45, 7) is 1.72. The molecule has 0 saturated heterocycles. The van der Waals surface area contributed by atoms with E-state index >= 15 is 0 Å². The number of nitrogens with one attached hydrogen (secondary N) is 1. The van der Waals surface area contributed by atoms with Crippen LogP contribution in [0.15, 0.2) is 60.0 Å². The fourth-order valence-electron chi connectivity index (χ4n) is 3.06. The first kappa shape index (κ1) is 20.5. The number of benzene rings is 1. The molecular formula is C20H17FN6O3S. The molecule has 0 fully saturated rings. The van der Waals surface area contributed by atoms with Crippen LogP contribution in [0.25, 0.3) is 16.6 Å². The highest BCUT2D eigenvalue weighted by Crippen LogP contribution is 2.21. The zero-order valence-corrected chi connectivity index (χ0v) is 17.3. The molecule has 0 aliphatic rings. The van der Waals surface area contributed by atoms with Crippen molar-refractivity contribution in [2.75, 3.05) is 6.26 Å². The molecule has 3 heterocycles. The Hall–Kier alpha value is -3.73. The molecule has 0 radical (unpaired) electrons. The van der Waals surface area contributed by atoms with Crippen LogP contribution in [0.2, 0.25) is 0 Å². The number of hydrogen-bond acceptors (Lipinski definition) is 7. The minimum Gasteiger partial charge on any atom is -0.344 e. The predicted molar refractivity (Wildman–Crippen MR) is 110 cm³/mol. The summed E-state index contributed by atoms with van der Waals surface area (Å²) in [5.41, 5.74) is 1.78. The summed E-state index contributed by atoms with van der Waals surface area (Å²) in [7, 11) is -3.48. The van der Waals surface area contributed by atoms with E-state index in [0.717, 1.165) is 6.26 Å².